The lowest BCUT2D eigenvalue weighted by Gasteiger charge is -2.25. The van der Waals surface area contributed by atoms with Crippen LogP contribution in [0.4, 0.5) is 5.69 Å². The fourth-order valence-electron chi connectivity index (χ4n) is 2.03. The van der Waals surface area contributed by atoms with E-state index in [-0.39, 0.29) is 0 Å². The monoisotopic (exact) mass is 284 g/mol. The first kappa shape index (κ1) is 11.9. The third-order valence-corrected chi connectivity index (χ3v) is 3.60. The largest absolute Gasteiger partial charge is 0.380 e. The van der Waals surface area contributed by atoms with Crippen molar-refractivity contribution < 1.29 is 4.74 Å². The molecule has 0 radical (unpaired) electrons. The number of rotatable bonds is 2. The summed E-state index contributed by atoms with van der Waals surface area (Å²) in [6.45, 7) is 4.22. The van der Waals surface area contributed by atoms with Crippen LogP contribution in [0.3, 0.4) is 0 Å². The quantitative estimate of drug-likeness (QED) is 0.904. The molecule has 16 heavy (non-hydrogen) atoms. The highest BCUT2D eigenvalue weighted by Gasteiger charge is 2.14. The Hall–Kier alpha value is -0.580. The van der Waals surface area contributed by atoms with E-state index in [1.807, 2.05) is 6.07 Å². The Morgan fingerprint density at radius 2 is 2.19 bits per heavy atom. The molecule has 0 saturated carbocycles. The molecule has 88 valence electrons. The van der Waals surface area contributed by atoms with Crippen molar-refractivity contribution in [3.8, 4) is 0 Å². The highest BCUT2D eigenvalue weighted by Crippen LogP contribution is 2.28. The van der Waals surface area contributed by atoms with Crippen LogP contribution in [-0.2, 0) is 11.3 Å². The SMILES string of the molecule is NCc1c(Br)cccc1N1CCCOCC1. The molecule has 1 saturated heterocycles. The van der Waals surface area contributed by atoms with Crippen molar-refractivity contribution >= 4 is 21.6 Å². The summed E-state index contributed by atoms with van der Waals surface area (Å²) >= 11 is 3.56. The lowest BCUT2D eigenvalue weighted by atomic mass is 10.1. The van der Waals surface area contributed by atoms with Gasteiger partial charge in [-0.2, -0.15) is 0 Å². The molecule has 3 nitrogen and oxygen atoms in total. The molecule has 0 spiro atoms. The molecule has 1 aliphatic heterocycles. The van der Waals surface area contributed by atoms with Crippen LogP contribution in [0, 0.1) is 0 Å². The Morgan fingerprint density at radius 3 is 3.00 bits per heavy atom. The molecule has 0 aromatic heterocycles. The number of nitrogens with two attached hydrogens (primary N) is 1. The van der Waals surface area contributed by atoms with Crippen LogP contribution in [-0.4, -0.2) is 26.3 Å². The van der Waals surface area contributed by atoms with E-state index in [1.165, 1.54) is 11.3 Å². The van der Waals surface area contributed by atoms with Crippen molar-refractivity contribution in [2.45, 2.75) is 13.0 Å². The fraction of sp³-hybridized carbons (Fsp3) is 0.500. The Labute approximate surface area is 105 Å². The molecule has 0 amide bonds. The Kier molecular flexibility index (Phi) is 4.21. The van der Waals surface area contributed by atoms with Gasteiger partial charge in [0.05, 0.1) is 6.61 Å². The minimum atomic E-state index is 0.564. The van der Waals surface area contributed by atoms with Gasteiger partial charge < -0.3 is 15.4 Å². The third kappa shape index (κ3) is 2.56. The van der Waals surface area contributed by atoms with Crippen molar-refractivity contribution in [2.24, 2.45) is 5.73 Å². The van der Waals surface area contributed by atoms with E-state index in [4.69, 9.17) is 10.5 Å². The smallest absolute Gasteiger partial charge is 0.0641 e. The molecular weight excluding hydrogens is 268 g/mol. The van der Waals surface area contributed by atoms with Crippen LogP contribution in [0.15, 0.2) is 22.7 Å². The summed E-state index contributed by atoms with van der Waals surface area (Å²) in [5.74, 6) is 0. The summed E-state index contributed by atoms with van der Waals surface area (Å²) in [7, 11) is 0. The summed E-state index contributed by atoms with van der Waals surface area (Å²) in [4.78, 5) is 2.36. The number of hydrogen-bond donors (Lipinski definition) is 1. The van der Waals surface area contributed by atoms with E-state index in [0.29, 0.717) is 6.54 Å². The minimum Gasteiger partial charge on any atom is -0.380 e. The van der Waals surface area contributed by atoms with Crippen molar-refractivity contribution in [3.05, 3.63) is 28.2 Å². The Balaban J connectivity index is 2.27. The van der Waals surface area contributed by atoms with Crippen LogP contribution in [0.2, 0.25) is 0 Å². The first-order chi connectivity index (χ1) is 7.83. The molecule has 4 heteroatoms. The zero-order chi connectivity index (χ0) is 11.4. The van der Waals surface area contributed by atoms with Crippen LogP contribution in [0.5, 0.6) is 0 Å². The number of hydrogen-bond acceptors (Lipinski definition) is 3. The lowest BCUT2D eigenvalue weighted by Crippen LogP contribution is -2.27. The number of benzene rings is 1. The lowest BCUT2D eigenvalue weighted by molar-refractivity contribution is 0.152. The molecule has 1 aliphatic rings. The summed E-state index contributed by atoms with van der Waals surface area (Å²) in [5, 5.41) is 0. The summed E-state index contributed by atoms with van der Waals surface area (Å²) < 4.78 is 6.56. The van der Waals surface area contributed by atoms with Crippen LogP contribution < -0.4 is 10.6 Å². The van der Waals surface area contributed by atoms with Gasteiger partial charge in [-0.15, -0.1) is 0 Å². The molecule has 1 aromatic carbocycles. The van der Waals surface area contributed by atoms with Crippen LogP contribution in [0.1, 0.15) is 12.0 Å². The second-order valence-corrected chi connectivity index (χ2v) is 4.75. The number of halogens is 1. The molecule has 0 atom stereocenters. The molecule has 0 unspecified atom stereocenters. The van der Waals surface area contributed by atoms with Crippen molar-refractivity contribution in [1.29, 1.82) is 0 Å². The van der Waals surface area contributed by atoms with Gasteiger partial charge in [-0.05, 0) is 18.6 Å². The van der Waals surface area contributed by atoms with Gasteiger partial charge in [0.25, 0.3) is 0 Å². The van der Waals surface area contributed by atoms with Gasteiger partial charge in [0.2, 0.25) is 0 Å². The maximum Gasteiger partial charge on any atom is 0.0641 e. The van der Waals surface area contributed by atoms with Gasteiger partial charge in [0, 0.05) is 42.0 Å². The summed E-state index contributed by atoms with van der Waals surface area (Å²) in [5.41, 5.74) is 8.23. The highest BCUT2D eigenvalue weighted by atomic mass is 79.9. The number of ether oxygens (including phenoxy) is 1. The summed E-state index contributed by atoms with van der Waals surface area (Å²) in [6, 6.07) is 6.24. The zero-order valence-corrected chi connectivity index (χ0v) is 10.9. The van der Waals surface area contributed by atoms with E-state index in [2.05, 4.69) is 33.0 Å². The third-order valence-electron chi connectivity index (χ3n) is 2.86. The Morgan fingerprint density at radius 1 is 1.31 bits per heavy atom. The highest BCUT2D eigenvalue weighted by molar-refractivity contribution is 9.10. The van der Waals surface area contributed by atoms with Crippen molar-refractivity contribution in [2.75, 3.05) is 31.2 Å². The van der Waals surface area contributed by atoms with E-state index >= 15 is 0 Å². The second kappa shape index (κ2) is 5.66. The molecule has 2 N–H and O–H groups in total. The van der Waals surface area contributed by atoms with Crippen molar-refractivity contribution in [1.82, 2.24) is 0 Å². The van der Waals surface area contributed by atoms with Crippen molar-refractivity contribution in [3.63, 3.8) is 0 Å². The maximum absolute atomic E-state index is 5.81. The molecule has 0 bridgehead atoms. The zero-order valence-electron chi connectivity index (χ0n) is 9.29. The van der Waals surface area contributed by atoms with E-state index in [1.54, 1.807) is 0 Å². The average molecular weight is 285 g/mol. The van der Waals surface area contributed by atoms with Gasteiger partial charge in [0.1, 0.15) is 0 Å². The van der Waals surface area contributed by atoms with Crippen LogP contribution >= 0.6 is 15.9 Å². The van der Waals surface area contributed by atoms with Gasteiger partial charge in [-0.3, -0.25) is 0 Å². The average Bonchev–Trinajstić information content (AvgIpc) is 2.57. The van der Waals surface area contributed by atoms with E-state index < -0.39 is 0 Å². The first-order valence-corrected chi connectivity index (χ1v) is 6.42. The molecule has 1 fully saturated rings. The molecule has 0 aliphatic carbocycles. The molecule has 2 rings (SSSR count). The second-order valence-electron chi connectivity index (χ2n) is 3.89. The topological polar surface area (TPSA) is 38.5 Å². The minimum absolute atomic E-state index is 0.564. The maximum atomic E-state index is 5.81. The van der Waals surface area contributed by atoms with Gasteiger partial charge in [-0.25, -0.2) is 0 Å². The first-order valence-electron chi connectivity index (χ1n) is 5.63. The fourth-order valence-corrected chi connectivity index (χ4v) is 2.55. The van der Waals surface area contributed by atoms with Gasteiger partial charge >= 0.3 is 0 Å². The number of anilines is 1. The predicted molar refractivity (Wildman–Crippen MR) is 69.7 cm³/mol. The normalized spacial score (nSPS) is 17.2. The summed E-state index contributed by atoms with van der Waals surface area (Å²) in [6.07, 6.45) is 1.08. The predicted octanol–water partition coefficient (Wildman–Crippen LogP) is 2.13. The van der Waals surface area contributed by atoms with E-state index in [0.717, 1.165) is 37.2 Å². The Bertz CT molecular complexity index is 349. The van der Waals surface area contributed by atoms with Gasteiger partial charge in [0.15, 0.2) is 0 Å². The number of nitrogens with zero attached hydrogens (tertiary/aromatic N) is 1. The van der Waals surface area contributed by atoms with Gasteiger partial charge in [-0.1, -0.05) is 22.0 Å². The van der Waals surface area contributed by atoms with E-state index in [9.17, 15) is 0 Å². The van der Waals surface area contributed by atoms with Crippen LogP contribution in [0.25, 0.3) is 0 Å². The molecule has 1 heterocycles. The standard InChI is InChI=1S/C12H17BrN2O/c13-11-3-1-4-12(10(11)9-14)15-5-2-7-16-8-6-15/h1,3-4H,2,5-9,14H2. The molecular formula is C12H17BrN2O. The molecule has 1 aromatic rings.